The van der Waals surface area contributed by atoms with E-state index in [1.807, 2.05) is 0 Å². The molecule has 0 amide bonds. The number of hydrogen-bond donors (Lipinski definition) is 1. The van der Waals surface area contributed by atoms with Crippen molar-refractivity contribution in [3.8, 4) is 5.75 Å². The maximum Gasteiger partial charge on any atom is 0.119 e. The summed E-state index contributed by atoms with van der Waals surface area (Å²) in [5.41, 5.74) is 4.14. The molecule has 1 aromatic rings. The monoisotopic (exact) mass is 219 g/mol. The first-order valence-electron chi connectivity index (χ1n) is 6.00. The van der Waals surface area contributed by atoms with Crippen molar-refractivity contribution in [1.82, 2.24) is 5.32 Å². The molecule has 1 aliphatic rings. The van der Waals surface area contributed by atoms with Crippen molar-refractivity contribution in [3.05, 3.63) is 28.8 Å². The Hall–Kier alpha value is -1.02. The molecule has 2 rings (SSSR count). The largest absolute Gasteiger partial charge is 0.497 e. The highest BCUT2D eigenvalue weighted by Gasteiger charge is 2.24. The van der Waals surface area contributed by atoms with Gasteiger partial charge in [0.1, 0.15) is 5.75 Å². The van der Waals surface area contributed by atoms with Gasteiger partial charge in [-0.3, -0.25) is 0 Å². The molecule has 2 heteroatoms. The average molecular weight is 219 g/mol. The van der Waals surface area contributed by atoms with Gasteiger partial charge in [0, 0.05) is 6.04 Å². The molecule has 2 atom stereocenters. The zero-order valence-corrected chi connectivity index (χ0v) is 10.6. The van der Waals surface area contributed by atoms with E-state index in [4.69, 9.17) is 4.74 Å². The number of aryl methyl sites for hydroxylation is 2. The maximum absolute atomic E-state index is 5.29. The highest BCUT2D eigenvalue weighted by molar-refractivity contribution is 5.43. The van der Waals surface area contributed by atoms with Gasteiger partial charge in [0.15, 0.2) is 0 Å². The number of nitrogens with one attached hydrogen (secondary N) is 1. The average Bonchev–Trinajstić information content (AvgIpc) is 2.63. The van der Waals surface area contributed by atoms with Crippen LogP contribution in [0.3, 0.4) is 0 Å². The van der Waals surface area contributed by atoms with Crippen LogP contribution in [0.5, 0.6) is 5.75 Å². The van der Waals surface area contributed by atoms with Gasteiger partial charge in [-0.25, -0.2) is 0 Å². The summed E-state index contributed by atoms with van der Waals surface area (Å²) < 4.78 is 5.29. The van der Waals surface area contributed by atoms with Gasteiger partial charge >= 0.3 is 0 Å². The first-order valence-corrected chi connectivity index (χ1v) is 6.00. The van der Waals surface area contributed by atoms with Crippen LogP contribution in [-0.4, -0.2) is 13.7 Å². The molecule has 1 aromatic carbocycles. The molecule has 1 saturated heterocycles. The number of benzene rings is 1. The Labute approximate surface area is 98.0 Å². The van der Waals surface area contributed by atoms with E-state index in [2.05, 4.69) is 38.2 Å². The van der Waals surface area contributed by atoms with Crippen LogP contribution in [0.25, 0.3) is 0 Å². The van der Waals surface area contributed by atoms with Crippen molar-refractivity contribution >= 4 is 0 Å². The Balaban J connectivity index is 2.34. The van der Waals surface area contributed by atoms with Crippen LogP contribution in [0.2, 0.25) is 0 Å². The van der Waals surface area contributed by atoms with E-state index in [0.29, 0.717) is 6.04 Å². The van der Waals surface area contributed by atoms with Crippen LogP contribution in [0, 0.1) is 19.8 Å². The number of ether oxygens (including phenoxy) is 1. The number of rotatable bonds is 2. The summed E-state index contributed by atoms with van der Waals surface area (Å²) in [6.07, 6.45) is 1.24. The predicted octanol–water partition coefficient (Wildman–Crippen LogP) is 2.98. The third-order valence-electron chi connectivity index (χ3n) is 3.50. The minimum Gasteiger partial charge on any atom is -0.497 e. The summed E-state index contributed by atoms with van der Waals surface area (Å²) in [4.78, 5) is 0. The van der Waals surface area contributed by atoms with Crippen LogP contribution < -0.4 is 10.1 Å². The molecule has 0 unspecified atom stereocenters. The van der Waals surface area contributed by atoms with Gasteiger partial charge < -0.3 is 10.1 Å². The van der Waals surface area contributed by atoms with Crippen molar-refractivity contribution in [2.75, 3.05) is 13.7 Å². The Morgan fingerprint density at radius 2 is 1.88 bits per heavy atom. The van der Waals surface area contributed by atoms with E-state index in [9.17, 15) is 0 Å². The molecule has 88 valence electrons. The molecule has 1 aliphatic heterocycles. The molecule has 1 fully saturated rings. The summed E-state index contributed by atoms with van der Waals surface area (Å²) in [6, 6.07) is 4.79. The molecule has 0 radical (unpaired) electrons. The smallest absolute Gasteiger partial charge is 0.119 e. The van der Waals surface area contributed by atoms with Crippen molar-refractivity contribution in [3.63, 3.8) is 0 Å². The van der Waals surface area contributed by atoms with E-state index < -0.39 is 0 Å². The number of methoxy groups -OCH3 is 1. The molecule has 2 nitrogen and oxygen atoms in total. The fourth-order valence-corrected chi connectivity index (χ4v) is 2.73. The molecular weight excluding hydrogens is 198 g/mol. The summed E-state index contributed by atoms with van der Waals surface area (Å²) in [5.74, 6) is 1.75. The van der Waals surface area contributed by atoms with Crippen molar-refractivity contribution < 1.29 is 4.74 Å². The van der Waals surface area contributed by atoms with E-state index in [1.165, 1.54) is 23.1 Å². The molecule has 0 aliphatic carbocycles. The fourth-order valence-electron chi connectivity index (χ4n) is 2.73. The highest BCUT2D eigenvalue weighted by Crippen LogP contribution is 2.33. The first-order chi connectivity index (χ1) is 7.61. The minimum absolute atomic E-state index is 0.529. The highest BCUT2D eigenvalue weighted by atomic mass is 16.5. The quantitative estimate of drug-likeness (QED) is 0.825. The molecular formula is C14H21NO. The summed E-state index contributed by atoms with van der Waals surface area (Å²) in [5, 5.41) is 3.60. The zero-order chi connectivity index (χ0) is 11.7. The molecule has 0 spiro atoms. The second kappa shape index (κ2) is 4.46. The predicted molar refractivity (Wildman–Crippen MR) is 67.0 cm³/mol. The number of hydrogen-bond acceptors (Lipinski definition) is 2. The van der Waals surface area contributed by atoms with Crippen LogP contribution in [0.1, 0.15) is 36.1 Å². The molecule has 16 heavy (non-hydrogen) atoms. The van der Waals surface area contributed by atoms with E-state index in [0.717, 1.165) is 18.2 Å². The molecule has 1 heterocycles. The minimum atomic E-state index is 0.529. The molecule has 0 saturated carbocycles. The molecule has 0 bridgehead atoms. The van der Waals surface area contributed by atoms with Gasteiger partial charge in [0.05, 0.1) is 7.11 Å². The maximum atomic E-state index is 5.29. The van der Waals surface area contributed by atoms with Gasteiger partial charge in [-0.1, -0.05) is 6.92 Å². The Morgan fingerprint density at radius 3 is 2.31 bits per heavy atom. The Kier molecular flexibility index (Phi) is 3.20. The lowest BCUT2D eigenvalue weighted by atomic mass is 9.93. The van der Waals surface area contributed by atoms with Crippen molar-refractivity contribution in [2.45, 2.75) is 33.2 Å². The lowest BCUT2D eigenvalue weighted by Gasteiger charge is -2.18. The van der Waals surface area contributed by atoms with Gasteiger partial charge in [-0.05, 0) is 61.6 Å². The Bertz CT molecular complexity index is 363. The van der Waals surface area contributed by atoms with E-state index in [-0.39, 0.29) is 0 Å². The van der Waals surface area contributed by atoms with Crippen LogP contribution in [0.4, 0.5) is 0 Å². The summed E-state index contributed by atoms with van der Waals surface area (Å²) in [6.45, 7) is 7.79. The van der Waals surface area contributed by atoms with Gasteiger partial charge in [-0.15, -0.1) is 0 Å². The third-order valence-corrected chi connectivity index (χ3v) is 3.50. The normalized spacial score (nSPS) is 24.8. The van der Waals surface area contributed by atoms with Crippen LogP contribution >= 0.6 is 0 Å². The lowest BCUT2D eigenvalue weighted by Crippen LogP contribution is -2.15. The second-order valence-corrected chi connectivity index (χ2v) is 4.98. The molecule has 0 aromatic heterocycles. The SMILES string of the molecule is COc1cc(C)c([C@@H]2C[C@H](C)CN2)c(C)c1. The topological polar surface area (TPSA) is 21.3 Å². The van der Waals surface area contributed by atoms with Gasteiger partial charge in [-0.2, -0.15) is 0 Å². The second-order valence-electron chi connectivity index (χ2n) is 4.98. The van der Waals surface area contributed by atoms with Gasteiger partial charge in [0.2, 0.25) is 0 Å². The van der Waals surface area contributed by atoms with Crippen LogP contribution in [-0.2, 0) is 0 Å². The lowest BCUT2D eigenvalue weighted by molar-refractivity contribution is 0.413. The van der Waals surface area contributed by atoms with Crippen molar-refractivity contribution in [2.24, 2.45) is 5.92 Å². The standard InChI is InChI=1S/C14H21NO/c1-9-5-13(15-8-9)14-10(2)6-12(16-4)7-11(14)3/h6-7,9,13,15H,5,8H2,1-4H3/t9-,13-/m0/s1. The Morgan fingerprint density at radius 1 is 1.25 bits per heavy atom. The van der Waals surface area contributed by atoms with E-state index in [1.54, 1.807) is 7.11 Å². The molecule has 1 N–H and O–H groups in total. The third kappa shape index (κ3) is 2.07. The van der Waals surface area contributed by atoms with Crippen molar-refractivity contribution in [1.29, 1.82) is 0 Å². The van der Waals surface area contributed by atoms with Gasteiger partial charge in [0.25, 0.3) is 0 Å². The summed E-state index contributed by atoms with van der Waals surface area (Å²) >= 11 is 0. The fraction of sp³-hybridized carbons (Fsp3) is 0.571. The summed E-state index contributed by atoms with van der Waals surface area (Å²) in [7, 11) is 1.73. The first kappa shape index (κ1) is 11.5. The van der Waals surface area contributed by atoms with Crippen LogP contribution in [0.15, 0.2) is 12.1 Å². The zero-order valence-electron chi connectivity index (χ0n) is 10.6. The van der Waals surface area contributed by atoms with E-state index >= 15 is 0 Å².